The zero-order valence-corrected chi connectivity index (χ0v) is 7.90. The lowest BCUT2D eigenvalue weighted by molar-refractivity contribution is -0.140. The Bertz CT molecular complexity index is 308. The minimum Gasteiger partial charge on any atom is -0.508 e. The first-order valence-corrected chi connectivity index (χ1v) is 4.35. The van der Waals surface area contributed by atoms with E-state index in [2.05, 4.69) is 5.32 Å². The van der Waals surface area contributed by atoms with E-state index in [0.29, 0.717) is 6.54 Å². The first-order valence-electron chi connectivity index (χ1n) is 4.35. The first kappa shape index (κ1) is 10.4. The van der Waals surface area contributed by atoms with Crippen LogP contribution in [0.2, 0.25) is 0 Å². The highest BCUT2D eigenvalue weighted by Gasteiger charge is 2.09. The third-order valence-electron chi connectivity index (χ3n) is 1.90. The Balaban J connectivity index is 2.46. The van der Waals surface area contributed by atoms with Crippen LogP contribution in [0.25, 0.3) is 0 Å². The summed E-state index contributed by atoms with van der Waals surface area (Å²) in [4.78, 5) is 10.5. The van der Waals surface area contributed by atoms with Gasteiger partial charge in [0.25, 0.3) is 0 Å². The number of hydrogen-bond acceptors (Lipinski definition) is 3. The van der Waals surface area contributed by atoms with Gasteiger partial charge >= 0.3 is 5.97 Å². The van der Waals surface area contributed by atoms with Crippen molar-refractivity contribution >= 4 is 11.7 Å². The smallest absolute Gasteiger partial charge is 0.308 e. The Morgan fingerprint density at radius 1 is 1.43 bits per heavy atom. The molecule has 4 heteroatoms. The van der Waals surface area contributed by atoms with E-state index < -0.39 is 11.9 Å². The highest BCUT2D eigenvalue weighted by Crippen LogP contribution is 2.13. The van der Waals surface area contributed by atoms with Crippen LogP contribution in [-0.4, -0.2) is 22.7 Å². The molecule has 0 bridgehead atoms. The van der Waals surface area contributed by atoms with Crippen LogP contribution in [0.15, 0.2) is 24.3 Å². The number of benzene rings is 1. The van der Waals surface area contributed by atoms with Crippen molar-refractivity contribution in [1.82, 2.24) is 0 Å². The number of carboxylic acid groups (broad SMARTS) is 1. The van der Waals surface area contributed by atoms with Crippen LogP contribution in [0.1, 0.15) is 6.92 Å². The molecular formula is C10H13NO3. The topological polar surface area (TPSA) is 69.6 Å². The minimum atomic E-state index is -0.823. The van der Waals surface area contributed by atoms with Gasteiger partial charge in [-0.15, -0.1) is 0 Å². The molecule has 0 fully saturated rings. The average molecular weight is 195 g/mol. The van der Waals surface area contributed by atoms with Gasteiger partial charge in [0, 0.05) is 12.2 Å². The van der Waals surface area contributed by atoms with Crippen LogP contribution in [-0.2, 0) is 4.79 Å². The highest BCUT2D eigenvalue weighted by molar-refractivity contribution is 5.70. The number of carboxylic acids is 1. The largest absolute Gasteiger partial charge is 0.508 e. The molecule has 0 aliphatic heterocycles. The molecule has 0 saturated heterocycles. The van der Waals surface area contributed by atoms with Crippen LogP contribution in [0.4, 0.5) is 5.69 Å². The highest BCUT2D eigenvalue weighted by atomic mass is 16.4. The lowest BCUT2D eigenvalue weighted by Gasteiger charge is -2.09. The molecule has 0 radical (unpaired) electrons. The number of anilines is 1. The van der Waals surface area contributed by atoms with E-state index in [-0.39, 0.29) is 5.75 Å². The van der Waals surface area contributed by atoms with Crippen molar-refractivity contribution in [3.05, 3.63) is 24.3 Å². The predicted octanol–water partition coefficient (Wildman–Crippen LogP) is 1.52. The summed E-state index contributed by atoms with van der Waals surface area (Å²) >= 11 is 0. The van der Waals surface area contributed by atoms with E-state index in [0.717, 1.165) is 5.69 Å². The minimum absolute atomic E-state index is 0.196. The molecule has 0 spiro atoms. The Hall–Kier alpha value is -1.71. The predicted molar refractivity (Wildman–Crippen MR) is 53.4 cm³/mol. The summed E-state index contributed by atoms with van der Waals surface area (Å²) < 4.78 is 0. The third-order valence-corrected chi connectivity index (χ3v) is 1.90. The zero-order valence-electron chi connectivity index (χ0n) is 7.90. The van der Waals surface area contributed by atoms with Crippen LogP contribution < -0.4 is 5.32 Å². The van der Waals surface area contributed by atoms with Gasteiger partial charge in [0.05, 0.1) is 5.92 Å². The molecular weight excluding hydrogens is 182 g/mol. The van der Waals surface area contributed by atoms with Crippen LogP contribution in [0.5, 0.6) is 5.75 Å². The van der Waals surface area contributed by atoms with Crippen LogP contribution in [0, 0.1) is 5.92 Å². The number of rotatable bonds is 4. The Labute approximate surface area is 82.2 Å². The van der Waals surface area contributed by atoms with Crippen molar-refractivity contribution < 1.29 is 15.0 Å². The second-order valence-electron chi connectivity index (χ2n) is 3.17. The van der Waals surface area contributed by atoms with Gasteiger partial charge in [0.1, 0.15) is 5.75 Å². The van der Waals surface area contributed by atoms with Crippen molar-refractivity contribution in [3.63, 3.8) is 0 Å². The van der Waals surface area contributed by atoms with Crippen LogP contribution in [0.3, 0.4) is 0 Å². The van der Waals surface area contributed by atoms with Gasteiger partial charge in [0.15, 0.2) is 0 Å². The number of aliphatic carboxylic acids is 1. The summed E-state index contributed by atoms with van der Waals surface area (Å²) in [6.45, 7) is 2.01. The van der Waals surface area contributed by atoms with E-state index in [1.807, 2.05) is 0 Å². The van der Waals surface area contributed by atoms with Gasteiger partial charge in [-0.1, -0.05) is 6.92 Å². The molecule has 0 aromatic heterocycles. The quantitative estimate of drug-likeness (QED) is 0.637. The molecule has 1 rings (SSSR count). The molecule has 0 aliphatic carbocycles. The molecule has 14 heavy (non-hydrogen) atoms. The molecule has 1 atom stereocenters. The SMILES string of the molecule is CC(CNc1ccc(O)cc1)C(=O)O. The molecule has 3 N–H and O–H groups in total. The van der Waals surface area contributed by atoms with Gasteiger partial charge in [-0.2, -0.15) is 0 Å². The summed E-state index contributed by atoms with van der Waals surface area (Å²) in [6, 6.07) is 6.50. The molecule has 0 saturated carbocycles. The van der Waals surface area contributed by atoms with Gasteiger partial charge in [-0.05, 0) is 24.3 Å². The Kier molecular flexibility index (Phi) is 3.34. The number of hydrogen-bond donors (Lipinski definition) is 3. The van der Waals surface area contributed by atoms with E-state index in [1.54, 1.807) is 31.2 Å². The number of nitrogens with one attached hydrogen (secondary N) is 1. The maximum absolute atomic E-state index is 10.5. The maximum Gasteiger partial charge on any atom is 0.308 e. The van der Waals surface area contributed by atoms with Crippen molar-refractivity contribution in [3.8, 4) is 5.75 Å². The van der Waals surface area contributed by atoms with Gasteiger partial charge in [0.2, 0.25) is 0 Å². The van der Waals surface area contributed by atoms with Crippen LogP contribution >= 0.6 is 0 Å². The maximum atomic E-state index is 10.5. The second-order valence-corrected chi connectivity index (χ2v) is 3.17. The summed E-state index contributed by atoms with van der Waals surface area (Å²) in [6.07, 6.45) is 0. The van der Waals surface area contributed by atoms with E-state index >= 15 is 0 Å². The molecule has 0 aliphatic rings. The van der Waals surface area contributed by atoms with E-state index in [9.17, 15) is 4.79 Å². The van der Waals surface area contributed by atoms with Gasteiger partial charge in [-0.3, -0.25) is 4.79 Å². The molecule has 0 heterocycles. The molecule has 76 valence electrons. The first-order chi connectivity index (χ1) is 6.59. The standard InChI is InChI=1S/C10H13NO3/c1-7(10(13)14)6-11-8-2-4-9(12)5-3-8/h2-5,7,11-12H,6H2,1H3,(H,13,14). The Morgan fingerprint density at radius 3 is 2.50 bits per heavy atom. The fourth-order valence-electron chi connectivity index (χ4n) is 0.938. The zero-order chi connectivity index (χ0) is 10.6. The normalized spacial score (nSPS) is 12.1. The number of aromatic hydroxyl groups is 1. The number of carbonyl (C=O) groups is 1. The summed E-state index contributed by atoms with van der Waals surface area (Å²) in [7, 11) is 0. The third kappa shape index (κ3) is 2.97. The molecule has 4 nitrogen and oxygen atoms in total. The fourth-order valence-corrected chi connectivity index (χ4v) is 0.938. The van der Waals surface area contributed by atoms with E-state index in [1.165, 1.54) is 0 Å². The number of phenolic OH excluding ortho intramolecular Hbond substituents is 1. The molecule has 0 amide bonds. The second kappa shape index (κ2) is 4.50. The molecule has 1 unspecified atom stereocenters. The van der Waals surface area contributed by atoms with Crippen molar-refractivity contribution in [2.75, 3.05) is 11.9 Å². The van der Waals surface area contributed by atoms with Gasteiger partial charge in [-0.25, -0.2) is 0 Å². The van der Waals surface area contributed by atoms with Crippen molar-refractivity contribution in [1.29, 1.82) is 0 Å². The van der Waals surface area contributed by atoms with E-state index in [4.69, 9.17) is 10.2 Å². The van der Waals surface area contributed by atoms with Crippen molar-refractivity contribution in [2.45, 2.75) is 6.92 Å². The van der Waals surface area contributed by atoms with Crippen molar-refractivity contribution in [2.24, 2.45) is 5.92 Å². The lowest BCUT2D eigenvalue weighted by atomic mass is 10.2. The summed E-state index contributed by atoms with van der Waals surface area (Å²) in [5, 5.41) is 20.6. The Morgan fingerprint density at radius 2 is 2.00 bits per heavy atom. The summed E-state index contributed by atoms with van der Waals surface area (Å²) in [5.41, 5.74) is 0.802. The monoisotopic (exact) mass is 195 g/mol. The lowest BCUT2D eigenvalue weighted by Crippen LogP contribution is -2.19. The number of phenols is 1. The molecule has 1 aromatic rings. The molecule has 1 aromatic carbocycles. The van der Waals surface area contributed by atoms with Gasteiger partial charge < -0.3 is 15.5 Å². The average Bonchev–Trinajstić information content (AvgIpc) is 2.16. The summed E-state index contributed by atoms with van der Waals surface area (Å²) in [5.74, 6) is -1.05. The fraction of sp³-hybridized carbons (Fsp3) is 0.300.